The fourth-order valence-corrected chi connectivity index (χ4v) is 0. The summed E-state index contributed by atoms with van der Waals surface area (Å²) in [6.45, 7) is 7.56. The molecule has 78 valence electrons. The first-order chi connectivity index (χ1) is 6.33. The number of hydrogen-bond acceptors (Lipinski definition) is 4. The van der Waals surface area contributed by atoms with E-state index < -0.39 is 11.9 Å². The van der Waals surface area contributed by atoms with Crippen molar-refractivity contribution in [2.45, 2.75) is 6.92 Å². The number of aliphatic hydroxyl groups is 1. The second-order valence-electron chi connectivity index (χ2n) is 1.73. The minimum atomic E-state index is -0.981. The molecule has 0 rings (SSSR count). The fourth-order valence-electron chi connectivity index (χ4n) is 0. The van der Waals surface area contributed by atoms with Gasteiger partial charge in [0, 0.05) is 11.6 Å². The first-order valence-electron chi connectivity index (χ1n) is 3.10. The van der Waals surface area contributed by atoms with Crippen LogP contribution in [0.15, 0.2) is 24.8 Å². The summed E-state index contributed by atoms with van der Waals surface area (Å²) >= 11 is 0. The minimum absolute atomic E-state index is 0.176. The maximum atomic E-state index is 9.60. The van der Waals surface area contributed by atoms with Gasteiger partial charge in [-0.2, -0.15) is 5.26 Å². The second-order valence-corrected chi connectivity index (χ2v) is 1.73. The standard InChI is InChI=1S/C4H6O2.C3H4O2.CHNO/c1-3(2)4(5)6;1-2-3(4)5;2-1-3/h1H2,2H3,(H,5,6);2H,1H2,(H,4,5);3H. The van der Waals surface area contributed by atoms with E-state index in [1.54, 1.807) is 0 Å². The molecule has 3 N–H and O–H groups in total. The molecule has 0 atom stereocenters. The maximum absolute atomic E-state index is 9.60. The van der Waals surface area contributed by atoms with Crippen molar-refractivity contribution in [1.82, 2.24) is 0 Å². The molecule has 0 aromatic carbocycles. The van der Waals surface area contributed by atoms with Gasteiger partial charge in [0.1, 0.15) is 0 Å². The summed E-state index contributed by atoms with van der Waals surface area (Å²) in [5.41, 5.74) is 0.176. The van der Waals surface area contributed by atoms with Crippen LogP contribution in [0, 0.1) is 11.5 Å². The number of nitriles is 1. The van der Waals surface area contributed by atoms with Crippen molar-refractivity contribution < 1.29 is 24.9 Å². The topological polar surface area (TPSA) is 119 Å². The third kappa shape index (κ3) is 53.5. The lowest BCUT2D eigenvalue weighted by molar-refractivity contribution is -0.133. The molecule has 0 aliphatic rings. The van der Waals surface area contributed by atoms with E-state index in [1.807, 2.05) is 0 Å². The number of aliphatic carboxylic acids is 2. The average Bonchev–Trinajstić information content (AvgIpc) is 2.06. The maximum Gasteiger partial charge on any atom is 0.330 e. The molecule has 0 spiro atoms. The molecule has 0 bridgehead atoms. The number of aliphatic hydroxyl groups excluding tert-OH is 1. The zero-order chi connectivity index (χ0) is 12.1. The minimum Gasteiger partial charge on any atom is -0.478 e. The van der Waals surface area contributed by atoms with Crippen LogP contribution in [0.4, 0.5) is 0 Å². The van der Waals surface area contributed by atoms with Gasteiger partial charge in [-0.05, 0) is 6.92 Å². The molecule has 0 radical (unpaired) electrons. The van der Waals surface area contributed by atoms with E-state index in [0.717, 1.165) is 12.3 Å². The summed E-state index contributed by atoms with van der Waals surface area (Å²) < 4.78 is 0. The van der Waals surface area contributed by atoms with Crippen LogP contribution in [-0.2, 0) is 9.59 Å². The lowest BCUT2D eigenvalue weighted by Crippen LogP contribution is -1.92. The van der Waals surface area contributed by atoms with Crippen molar-refractivity contribution in [3.05, 3.63) is 24.8 Å². The lowest BCUT2D eigenvalue weighted by atomic mass is 10.4. The van der Waals surface area contributed by atoms with E-state index in [1.165, 1.54) is 6.92 Å². The van der Waals surface area contributed by atoms with E-state index in [0.29, 0.717) is 0 Å². The molecule has 0 saturated heterocycles. The van der Waals surface area contributed by atoms with Crippen molar-refractivity contribution >= 4 is 11.9 Å². The van der Waals surface area contributed by atoms with E-state index in [2.05, 4.69) is 13.2 Å². The van der Waals surface area contributed by atoms with E-state index in [4.69, 9.17) is 20.6 Å². The number of carboxylic acids is 2. The molecule has 14 heavy (non-hydrogen) atoms. The van der Waals surface area contributed by atoms with Gasteiger partial charge < -0.3 is 15.3 Å². The van der Waals surface area contributed by atoms with Crippen molar-refractivity contribution in [2.75, 3.05) is 0 Å². The van der Waals surface area contributed by atoms with Gasteiger partial charge in [0.15, 0.2) is 0 Å². The van der Waals surface area contributed by atoms with Crippen LogP contribution in [0.2, 0.25) is 0 Å². The molecule has 0 aromatic heterocycles. The highest BCUT2D eigenvalue weighted by molar-refractivity contribution is 5.84. The summed E-state index contributed by atoms with van der Waals surface area (Å²) in [4.78, 5) is 18.8. The Morgan fingerprint density at radius 1 is 1.43 bits per heavy atom. The quantitative estimate of drug-likeness (QED) is 0.448. The zero-order valence-corrected chi connectivity index (χ0v) is 7.60. The molecular formula is C8H11NO5. The number of carbonyl (C=O) groups is 2. The Morgan fingerprint density at radius 3 is 1.57 bits per heavy atom. The van der Waals surface area contributed by atoms with Crippen molar-refractivity contribution in [2.24, 2.45) is 0 Å². The van der Waals surface area contributed by atoms with Crippen molar-refractivity contribution in [3.63, 3.8) is 0 Å². The molecule has 0 heterocycles. The molecule has 6 heteroatoms. The lowest BCUT2D eigenvalue weighted by Gasteiger charge is -1.79. The highest BCUT2D eigenvalue weighted by Gasteiger charge is 1.90. The van der Waals surface area contributed by atoms with Crippen molar-refractivity contribution in [1.29, 1.82) is 5.26 Å². The van der Waals surface area contributed by atoms with E-state index in [-0.39, 0.29) is 5.57 Å². The van der Waals surface area contributed by atoms with Crippen LogP contribution in [0.25, 0.3) is 0 Å². The Bertz CT molecular complexity index is 239. The van der Waals surface area contributed by atoms with Gasteiger partial charge in [-0.15, -0.1) is 0 Å². The Morgan fingerprint density at radius 2 is 1.57 bits per heavy atom. The van der Waals surface area contributed by atoms with Crippen LogP contribution in [0.3, 0.4) is 0 Å². The summed E-state index contributed by atoms with van der Waals surface area (Å²) in [7, 11) is 0. The van der Waals surface area contributed by atoms with Gasteiger partial charge in [0.05, 0.1) is 0 Å². The number of rotatable bonds is 2. The van der Waals surface area contributed by atoms with Gasteiger partial charge in [-0.25, -0.2) is 9.59 Å². The monoisotopic (exact) mass is 201 g/mol. The second kappa shape index (κ2) is 13.3. The molecule has 0 fully saturated rings. The van der Waals surface area contributed by atoms with Crippen LogP contribution >= 0.6 is 0 Å². The fraction of sp³-hybridized carbons (Fsp3) is 0.125. The Kier molecular flexibility index (Phi) is 16.8. The molecule has 0 saturated carbocycles. The van der Waals surface area contributed by atoms with Crippen LogP contribution in [0.5, 0.6) is 0 Å². The Hall–Kier alpha value is -2.29. The highest BCUT2D eigenvalue weighted by Crippen LogP contribution is 1.81. The molecule has 0 aliphatic carbocycles. The summed E-state index contributed by atoms with van der Waals surface area (Å²) in [6.07, 6.45) is 1.58. The number of nitrogens with zero attached hydrogens (tertiary/aromatic N) is 1. The summed E-state index contributed by atoms with van der Waals surface area (Å²) in [5.74, 6) is -1.92. The van der Waals surface area contributed by atoms with Crippen LogP contribution in [0.1, 0.15) is 6.92 Å². The van der Waals surface area contributed by atoms with Gasteiger partial charge in [-0.1, -0.05) is 13.2 Å². The molecule has 0 aliphatic heterocycles. The summed E-state index contributed by atoms with van der Waals surface area (Å²) in [5, 5.41) is 29.2. The van der Waals surface area contributed by atoms with Gasteiger partial charge in [-0.3, -0.25) is 0 Å². The number of hydrogen-bond donors (Lipinski definition) is 3. The first-order valence-corrected chi connectivity index (χ1v) is 3.10. The summed E-state index contributed by atoms with van der Waals surface area (Å²) in [6, 6.07) is 0. The molecule has 0 aromatic rings. The largest absolute Gasteiger partial charge is 0.478 e. The van der Waals surface area contributed by atoms with Crippen LogP contribution in [-0.4, -0.2) is 27.3 Å². The molecule has 6 nitrogen and oxygen atoms in total. The van der Waals surface area contributed by atoms with E-state index in [9.17, 15) is 9.59 Å². The first kappa shape index (κ1) is 17.7. The average molecular weight is 201 g/mol. The van der Waals surface area contributed by atoms with Gasteiger partial charge >= 0.3 is 11.9 Å². The predicted octanol–water partition coefficient (Wildman–Crippen LogP) is 0.744. The van der Waals surface area contributed by atoms with E-state index >= 15 is 0 Å². The third-order valence-corrected chi connectivity index (χ3v) is 0.540. The SMILES string of the molecule is C=C(C)C(=O)O.C=CC(=O)O.N#CO. The van der Waals surface area contributed by atoms with Crippen LogP contribution < -0.4 is 0 Å². The third-order valence-electron chi connectivity index (χ3n) is 0.540. The van der Waals surface area contributed by atoms with Crippen molar-refractivity contribution in [3.8, 4) is 6.26 Å². The normalized spacial score (nSPS) is 6.00. The Balaban J connectivity index is -0.000000138. The molecule has 0 amide bonds. The molecule has 0 unspecified atom stereocenters. The van der Waals surface area contributed by atoms with Gasteiger partial charge in [0.2, 0.25) is 0 Å². The molecular weight excluding hydrogens is 190 g/mol. The van der Waals surface area contributed by atoms with Gasteiger partial charge in [0.25, 0.3) is 6.26 Å². The number of carboxylic acid groups (broad SMARTS) is 2. The predicted molar refractivity (Wildman–Crippen MR) is 47.8 cm³/mol. The zero-order valence-electron chi connectivity index (χ0n) is 7.60. The smallest absolute Gasteiger partial charge is 0.330 e. The highest BCUT2D eigenvalue weighted by atomic mass is 16.4. The Labute approximate surface area is 81.0 Å².